The molecule has 0 bridgehead atoms. The van der Waals surface area contributed by atoms with Gasteiger partial charge in [-0.1, -0.05) is 24.6 Å². The van der Waals surface area contributed by atoms with E-state index in [9.17, 15) is 0 Å². The molecule has 2 nitrogen and oxygen atoms in total. The summed E-state index contributed by atoms with van der Waals surface area (Å²) in [6.07, 6.45) is 0.879. The molecular formula is C9H13ClN2. The maximum Gasteiger partial charge on any atom is 0.134 e. The van der Waals surface area contributed by atoms with E-state index in [0.29, 0.717) is 5.15 Å². The lowest BCUT2D eigenvalue weighted by atomic mass is 10.1. The van der Waals surface area contributed by atoms with E-state index in [1.165, 1.54) is 0 Å². The summed E-state index contributed by atoms with van der Waals surface area (Å²) >= 11 is 5.91. The minimum absolute atomic E-state index is 0.00519. The Morgan fingerprint density at radius 3 is 2.75 bits per heavy atom. The van der Waals surface area contributed by atoms with Crippen LogP contribution in [0.5, 0.6) is 0 Å². The Labute approximate surface area is 77.8 Å². The fraction of sp³-hybridized carbons (Fsp3) is 0.444. The smallest absolute Gasteiger partial charge is 0.134 e. The monoisotopic (exact) mass is 184 g/mol. The molecule has 0 aliphatic rings. The zero-order valence-electron chi connectivity index (χ0n) is 7.34. The Kier molecular flexibility index (Phi) is 3.06. The molecule has 2 N–H and O–H groups in total. The Morgan fingerprint density at radius 2 is 2.25 bits per heavy atom. The summed E-state index contributed by atoms with van der Waals surface area (Å²) in [5.74, 6) is 0. The third-order valence-electron chi connectivity index (χ3n) is 1.86. The van der Waals surface area contributed by atoms with E-state index < -0.39 is 0 Å². The van der Waals surface area contributed by atoms with Crippen molar-refractivity contribution in [1.29, 1.82) is 0 Å². The van der Waals surface area contributed by atoms with Crippen LogP contribution in [-0.2, 0) is 0 Å². The molecule has 3 heteroatoms. The molecule has 0 fully saturated rings. The average Bonchev–Trinajstić information content (AvgIpc) is 2.03. The van der Waals surface area contributed by atoms with E-state index in [2.05, 4.69) is 4.98 Å². The van der Waals surface area contributed by atoms with Crippen LogP contribution >= 0.6 is 11.6 Å². The van der Waals surface area contributed by atoms with Crippen LogP contribution in [0.2, 0.25) is 5.15 Å². The second-order valence-corrected chi connectivity index (χ2v) is 3.21. The van der Waals surface area contributed by atoms with Crippen molar-refractivity contribution >= 4 is 11.6 Å². The first-order chi connectivity index (χ1) is 5.65. The lowest BCUT2D eigenvalue weighted by Crippen LogP contribution is -2.09. The summed E-state index contributed by atoms with van der Waals surface area (Å²) in [6, 6.07) is 3.88. The minimum Gasteiger partial charge on any atom is -0.324 e. The van der Waals surface area contributed by atoms with Gasteiger partial charge in [0.2, 0.25) is 0 Å². The summed E-state index contributed by atoms with van der Waals surface area (Å²) in [4.78, 5) is 4.13. The number of nitrogens with two attached hydrogens (primary N) is 1. The SMILES string of the molecule is CCC(N)c1ccc(C)nc1Cl. The molecule has 0 saturated heterocycles. The highest BCUT2D eigenvalue weighted by molar-refractivity contribution is 6.30. The highest BCUT2D eigenvalue weighted by atomic mass is 35.5. The van der Waals surface area contributed by atoms with Gasteiger partial charge in [0.1, 0.15) is 5.15 Å². The summed E-state index contributed by atoms with van der Waals surface area (Å²) in [5.41, 5.74) is 7.68. The molecule has 1 rings (SSSR count). The summed E-state index contributed by atoms with van der Waals surface area (Å²) in [7, 11) is 0. The van der Waals surface area contributed by atoms with Gasteiger partial charge in [-0.2, -0.15) is 0 Å². The number of hydrogen-bond donors (Lipinski definition) is 1. The number of nitrogens with zero attached hydrogens (tertiary/aromatic N) is 1. The molecule has 0 radical (unpaired) electrons. The molecule has 1 heterocycles. The Balaban J connectivity index is 3.01. The van der Waals surface area contributed by atoms with Crippen molar-refractivity contribution < 1.29 is 0 Å². The van der Waals surface area contributed by atoms with E-state index in [0.717, 1.165) is 17.7 Å². The standard InChI is InChI=1S/C9H13ClN2/c1-3-8(11)7-5-4-6(2)12-9(7)10/h4-5,8H,3,11H2,1-2H3. The maximum atomic E-state index is 5.91. The Hall–Kier alpha value is -0.600. The van der Waals surface area contributed by atoms with Crippen LogP contribution in [0.25, 0.3) is 0 Å². The van der Waals surface area contributed by atoms with Crippen molar-refractivity contribution in [2.45, 2.75) is 26.3 Å². The van der Waals surface area contributed by atoms with Crippen LogP contribution in [0.4, 0.5) is 0 Å². The minimum atomic E-state index is 0.00519. The molecule has 1 atom stereocenters. The number of aromatic nitrogens is 1. The van der Waals surface area contributed by atoms with Gasteiger partial charge in [0, 0.05) is 17.3 Å². The molecule has 0 aromatic carbocycles. The van der Waals surface area contributed by atoms with Crippen LogP contribution in [-0.4, -0.2) is 4.98 Å². The summed E-state index contributed by atoms with van der Waals surface area (Å²) < 4.78 is 0. The van der Waals surface area contributed by atoms with Crippen LogP contribution in [0.3, 0.4) is 0 Å². The first-order valence-electron chi connectivity index (χ1n) is 4.03. The Morgan fingerprint density at radius 1 is 1.58 bits per heavy atom. The molecule has 0 amide bonds. The fourth-order valence-corrected chi connectivity index (χ4v) is 1.37. The molecule has 0 aliphatic carbocycles. The Bertz CT molecular complexity index is 273. The van der Waals surface area contributed by atoms with Gasteiger partial charge < -0.3 is 5.73 Å². The number of rotatable bonds is 2. The zero-order valence-corrected chi connectivity index (χ0v) is 8.10. The van der Waals surface area contributed by atoms with Crippen LogP contribution in [0.15, 0.2) is 12.1 Å². The van der Waals surface area contributed by atoms with Crippen molar-refractivity contribution in [3.63, 3.8) is 0 Å². The number of pyridine rings is 1. The van der Waals surface area contributed by atoms with Gasteiger partial charge in [0.25, 0.3) is 0 Å². The predicted molar refractivity (Wildman–Crippen MR) is 51.2 cm³/mol. The zero-order chi connectivity index (χ0) is 9.14. The first-order valence-corrected chi connectivity index (χ1v) is 4.41. The molecule has 1 unspecified atom stereocenters. The van der Waals surface area contributed by atoms with E-state index in [1.54, 1.807) is 0 Å². The van der Waals surface area contributed by atoms with Crippen molar-refractivity contribution in [2.24, 2.45) is 5.73 Å². The maximum absolute atomic E-state index is 5.91. The molecule has 0 spiro atoms. The van der Waals surface area contributed by atoms with Crippen LogP contribution in [0, 0.1) is 6.92 Å². The molecular weight excluding hydrogens is 172 g/mol. The molecule has 12 heavy (non-hydrogen) atoms. The van der Waals surface area contributed by atoms with Gasteiger partial charge in [0.05, 0.1) is 0 Å². The quantitative estimate of drug-likeness (QED) is 0.718. The lowest BCUT2D eigenvalue weighted by molar-refractivity contribution is 0.695. The first kappa shape index (κ1) is 9.49. The van der Waals surface area contributed by atoms with Gasteiger partial charge in [-0.05, 0) is 19.4 Å². The van der Waals surface area contributed by atoms with E-state index in [-0.39, 0.29) is 6.04 Å². The molecule has 1 aromatic heterocycles. The van der Waals surface area contributed by atoms with Gasteiger partial charge in [-0.15, -0.1) is 0 Å². The largest absolute Gasteiger partial charge is 0.324 e. The number of aryl methyl sites for hydroxylation is 1. The highest BCUT2D eigenvalue weighted by Crippen LogP contribution is 2.21. The lowest BCUT2D eigenvalue weighted by Gasteiger charge is -2.10. The normalized spacial score (nSPS) is 13.0. The molecule has 1 aromatic rings. The van der Waals surface area contributed by atoms with Gasteiger partial charge >= 0.3 is 0 Å². The van der Waals surface area contributed by atoms with E-state index >= 15 is 0 Å². The second kappa shape index (κ2) is 3.87. The fourth-order valence-electron chi connectivity index (χ4n) is 1.03. The van der Waals surface area contributed by atoms with Crippen LogP contribution in [0.1, 0.15) is 30.6 Å². The van der Waals surface area contributed by atoms with Gasteiger partial charge in [-0.3, -0.25) is 0 Å². The summed E-state index contributed by atoms with van der Waals surface area (Å²) in [5, 5.41) is 0.532. The molecule has 0 aliphatic heterocycles. The third kappa shape index (κ3) is 1.96. The van der Waals surface area contributed by atoms with Crippen LogP contribution < -0.4 is 5.73 Å². The van der Waals surface area contributed by atoms with Crippen molar-refractivity contribution in [2.75, 3.05) is 0 Å². The average molecular weight is 185 g/mol. The van der Waals surface area contributed by atoms with Crippen molar-refractivity contribution in [1.82, 2.24) is 4.98 Å². The topological polar surface area (TPSA) is 38.9 Å². The van der Waals surface area contributed by atoms with E-state index in [4.69, 9.17) is 17.3 Å². The van der Waals surface area contributed by atoms with E-state index in [1.807, 2.05) is 26.0 Å². The summed E-state index contributed by atoms with van der Waals surface area (Å²) in [6.45, 7) is 3.94. The number of hydrogen-bond acceptors (Lipinski definition) is 2. The van der Waals surface area contributed by atoms with Crippen molar-refractivity contribution in [3.05, 3.63) is 28.5 Å². The van der Waals surface area contributed by atoms with Gasteiger partial charge in [0.15, 0.2) is 0 Å². The van der Waals surface area contributed by atoms with Crippen molar-refractivity contribution in [3.8, 4) is 0 Å². The predicted octanol–water partition coefficient (Wildman–Crippen LogP) is 2.45. The third-order valence-corrected chi connectivity index (χ3v) is 2.16. The number of halogens is 1. The highest BCUT2D eigenvalue weighted by Gasteiger charge is 2.08. The second-order valence-electron chi connectivity index (χ2n) is 2.85. The molecule has 0 saturated carbocycles. The molecule has 66 valence electrons. The van der Waals surface area contributed by atoms with Gasteiger partial charge in [-0.25, -0.2) is 4.98 Å².